The van der Waals surface area contributed by atoms with Gasteiger partial charge in [0, 0.05) is 23.6 Å². The minimum atomic E-state index is 0.0399. The Balaban J connectivity index is 1.45. The second-order valence-corrected chi connectivity index (χ2v) is 10.7. The van der Waals surface area contributed by atoms with Gasteiger partial charge in [0.2, 0.25) is 17.6 Å². The fourth-order valence-electron chi connectivity index (χ4n) is 3.11. The maximum Gasteiger partial charge on any atom is 0.241 e. The van der Waals surface area contributed by atoms with Crippen LogP contribution in [0.15, 0.2) is 22.0 Å². The van der Waals surface area contributed by atoms with Crippen molar-refractivity contribution >= 4 is 29.0 Å². The molecule has 0 radical (unpaired) electrons. The zero-order valence-electron chi connectivity index (χ0n) is 16.2. The first-order chi connectivity index (χ1) is 12.9. The predicted octanol–water partition coefficient (Wildman–Crippen LogP) is 3.66. The molecule has 27 heavy (non-hydrogen) atoms. The van der Waals surface area contributed by atoms with Crippen LogP contribution in [0.3, 0.4) is 0 Å². The third-order valence-corrected chi connectivity index (χ3v) is 6.52. The molecular formula is C19H28N4O2S2. The van der Waals surface area contributed by atoms with E-state index in [4.69, 9.17) is 4.52 Å². The van der Waals surface area contributed by atoms with Crippen molar-refractivity contribution in [2.24, 2.45) is 5.92 Å². The number of hydrogen-bond donors (Lipinski definition) is 1. The summed E-state index contributed by atoms with van der Waals surface area (Å²) in [4.78, 5) is 20.2. The summed E-state index contributed by atoms with van der Waals surface area (Å²) in [5, 5.41) is 9.16. The Morgan fingerprint density at radius 1 is 1.48 bits per heavy atom. The number of amides is 1. The number of piperidine rings is 1. The van der Waals surface area contributed by atoms with Crippen molar-refractivity contribution in [3.63, 3.8) is 0 Å². The van der Waals surface area contributed by atoms with Crippen LogP contribution < -0.4 is 5.32 Å². The normalized spacial score (nSPS) is 18.6. The van der Waals surface area contributed by atoms with Crippen molar-refractivity contribution in [3.05, 3.63) is 23.4 Å². The first kappa shape index (κ1) is 20.4. The van der Waals surface area contributed by atoms with Gasteiger partial charge in [0.15, 0.2) is 0 Å². The minimum Gasteiger partial charge on any atom is -0.355 e. The Kier molecular flexibility index (Phi) is 6.94. The number of nitrogens with zero attached hydrogens (tertiary/aromatic N) is 3. The van der Waals surface area contributed by atoms with Gasteiger partial charge in [-0.2, -0.15) is 16.7 Å². The lowest BCUT2D eigenvalue weighted by Gasteiger charge is -2.31. The lowest BCUT2D eigenvalue weighted by molar-refractivity contribution is -0.126. The summed E-state index contributed by atoms with van der Waals surface area (Å²) in [6, 6.07) is 3.96. The lowest BCUT2D eigenvalue weighted by Crippen LogP contribution is -2.43. The highest BCUT2D eigenvalue weighted by atomic mass is 32.2. The number of likely N-dealkylation sites (tertiary alicyclic amines) is 1. The fourth-order valence-corrected chi connectivity index (χ4v) is 4.57. The van der Waals surface area contributed by atoms with E-state index in [1.54, 1.807) is 11.3 Å². The molecule has 0 bridgehead atoms. The van der Waals surface area contributed by atoms with Crippen LogP contribution in [0.4, 0.5) is 0 Å². The summed E-state index contributed by atoms with van der Waals surface area (Å²) in [7, 11) is 0. The van der Waals surface area contributed by atoms with E-state index >= 15 is 0 Å². The summed E-state index contributed by atoms with van der Waals surface area (Å²) >= 11 is 3.47. The second-order valence-electron chi connectivity index (χ2n) is 7.82. The number of nitrogens with one attached hydrogen (secondary N) is 1. The van der Waals surface area contributed by atoms with E-state index < -0.39 is 0 Å². The molecule has 3 rings (SSSR count). The number of hydrogen-bond acceptors (Lipinski definition) is 7. The molecule has 2 aromatic rings. The SMILES string of the molecule is CC(C)(C)SCCNC(=O)C1CCCN(Cc2nc(-c3cccs3)no2)C1. The van der Waals surface area contributed by atoms with Crippen LogP contribution in [0.2, 0.25) is 0 Å². The van der Waals surface area contributed by atoms with Gasteiger partial charge in [0.25, 0.3) is 0 Å². The van der Waals surface area contributed by atoms with Gasteiger partial charge in [-0.15, -0.1) is 11.3 Å². The molecule has 1 aliphatic heterocycles. The van der Waals surface area contributed by atoms with E-state index in [0.29, 0.717) is 18.3 Å². The van der Waals surface area contributed by atoms with Crippen molar-refractivity contribution in [1.82, 2.24) is 20.4 Å². The number of carbonyl (C=O) groups is 1. The smallest absolute Gasteiger partial charge is 0.241 e. The van der Waals surface area contributed by atoms with Crippen molar-refractivity contribution in [2.75, 3.05) is 25.4 Å². The van der Waals surface area contributed by atoms with Gasteiger partial charge in [-0.25, -0.2) is 0 Å². The Labute approximate surface area is 169 Å². The highest BCUT2D eigenvalue weighted by molar-refractivity contribution is 8.00. The van der Waals surface area contributed by atoms with Crippen LogP contribution in [-0.2, 0) is 11.3 Å². The average Bonchev–Trinajstić information content (AvgIpc) is 3.29. The number of thiophene rings is 1. The molecule has 2 aromatic heterocycles. The number of thioether (sulfide) groups is 1. The van der Waals surface area contributed by atoms with Gasteiger partial charge >= 0.3 is 0 Å². The van der Waals surface area contributed by atoms with E-state index in [1.807, 2.05) is 29.3 Å². The van der Waals surface area contributed by atoms with Gasteiger partial charge in [-0.3, -0.25) is 9.69 Å². The number of aromatic nitrogens is 2. The van der Waals surface area contributed by atoms with E-state index in [9.17, 15) is 4.79 Å². The van der Waals surface area contributed by atoms with Gasteiger partial charge < -0.3 is 9.84 Å². The highest BCUT2D eigenvalue weighted by Gasteiger charge is 2.27. The van der Waals surface area contributed by atoms with E-state index in [-0.39, 0.29) is 16.6 Å². The van der Waals surface area contributed by atoms with Crippen LogP contribution in [0.25, 0.3) is 10.7 Å². The molecule has 1 N–H and O–H groups in total. The summed E-state index contributed by atoms with van der Waals surface area (Å²) in [5.41, 5.74) is 0. The molecule has 3 heterocycles. The topological polar surface area (TPSA) is 71.3 Å². The molecule has 148 valence electrons. The Bertz CT molecular complexity index is 724. The number of carbonyl (C=O) groups excluding carboxylic acids is 1. The zero-order valence-corrected chi connectivity index (χ0v) is 17.9. The number of rotatable bonds is 7. The molecule has 1 fully saturated rings. The standard InChI is InChI=1S/C19H28N4O2S2/c1-19(2,3)27-11-8-20-18(24)14-6-4-9-23(12-14)13-16-21-17(22-25-16)15-7-5-10-26-15/h5,7,10,14H,4,6,8-9,11-13H2,1-3H3,(H,20,24). The molecule has 1 atom stereocenters. The van der Waals surface area contributed by atoms with E-state index in [1.165, 1.54) is 0 Å². The van der Waals surface area contributed by atoms with Crippen LogP contribution in [0.5, 0.6) is 0 Å². The summed E-state index contributed by atoms with van der Waals surface area (Å²) < 4.78 is 5.63. The molecule has 1 aliphatic rings. The average molecular weight is 409 g/mol. The van der Waals surface area contributed by atoms with E-state index in [0.717, 1.165) is 43.1 Å². The monoisotopic (exact) mass is 408 g/mol. The molecule has 1 saturated heterocycles. The first-order valence-electron chi connectivity index (χ1n) is 9.41. The van der Waals surface area contributed by atoms with Crippen LogP contribution in [0.1, 0.15) is 39.5 Å². The minimum absolute atomic E-state index is 0.0399. The van der Waals surface area contributed by atoms with Crippen LogP contribution >= 0.6 is 23.1 Å². The van der Waals surface area contributed by atoms with Gasteiger partial charge in [-0.1, -0.05) is 32.0 Å². The van der Waals surface area contributed by atoms with Crippen molar-refractivity contribution in [3.8, 4) is 10.7 Å². The molecule has 8 heteroatoms. The molecule has 0 aromatic carbocycles. The third kappa shape index (κ3) is 6.33. The Morgan fingerprint density at radius 2 is 2.33 bits per heavy atom. The van der Waals surface area contributed by atoms with Crippen LogP contribution in [-0.4, -0.2) is 51.1 Å². The molecule has 1 unspecified atom stereocenters. The molecular weight excluding hydrogens is 380 g/mol. The molecule has 0 aliphatic carbocycles. The van der Waals surface area contributed by atoms with Gasteiger partial charge in [0.1, 0.15) is 0 Å². The maximum atomic E-state index is 12.5. The summed E-state index contributed by atoms with van der Waals surface area (Å²) in [6.45, 7) is 9.61. The highest BCUT2D eigenvalue weighted by Crippen LogP contribution is 2.24. The maximum absolute atomic E-state index is 12.5. The van der Waals surface area contributed by atoms with E-state index in [2.05, 4.69) is 41.1 Å². The van der Waals surface area contributed by atoms with Crippen molar-refractivity contribution in [2.45, 2.75) is 44.9 Å². The molecule has 1 amide bonds. The van der Waals surface area contributed by atoms with Gasteiger partial charge in [0.05, 0.1) is 17.3 Å². The van der Waals surface area contributed by atoms with Crippen molar-refractivity contribution in [1.29, 1.82) is 0 Å². The third-order valence-electron chi connectivity index (χ3n) is 4.38. The quantitative estimate of drug-likeness (QED) is 0.705. The molecule has 0 spiro atoms. The molecule has 0 saturated carbocycles. The van der Waals surface area contributed by atoms with Crippen LogP contribution in [0, 0.1) is 5.92 Å². The predicted molar refractivity (Wildman–Crippen MR) is 111 cm³/mol. The zero-order chi connectivity index (χ0) is 19.3. The lowest BCUT2D eigenvalue weighted by atomic mass is 9.97. The summed E-state index contributed by atoms with van der Waals surface area (Å²) in [5.74, 6) is 2.40. The Morgan fingerprint density at radius 3 is 3.07 bits per heavy atom. The molecule has 6 nitrogen and oxygen atoms in total. The fraction of sp³-hybridized carbons (Fsp3) is 0.632. The Hall–Kier alpha value is -1.38. The van der Waals surface area contributed by atoms with Gasteiger partial charge in [-0.05, 0) is 30.8 Å². The summed E-state index contributed by atoms with van der Waals surface area (Å²) in [6.07, 6.45) is 1.96. The second kappa shape index (κ2) is 9.21. The largest absolute Gasteiger partial charge is 0.355 e. The van der Waals surface area contributed by atoms with Crippen molar-refractivity contribution < 1.29 is 9.32 Å². The first-order valence-corrected chi connectivity index (χ1v) is 11.3.